The summed E-state index contributed by atoms with van der Waals surface area (Å²) in [4.78, 5) is 2.42. The number of benzene rings is 2. The number of nitrogens with zero attached hydrogens (tertiary/aromatic N) is 1. The van der Waals surface area contributed by atoms with E-state index in [9.17, 15) is 0 Å². The van der Waals surface area contributed by atoms with Crippen LogP contribution in [0.2, 0.25) is 0 Å². The highest BCUT2D eigenvalue weighted by Crippen LogP contribution is 2.32. The molecule has 0 aromatic heterocycles. The van der Waals surface area contributed by atoms with E-state index in [0.717, 1.165) is 43.9 Å². The fraction of sp³-hybridized carbons (Fsp3) is 0.333. The summed E-state index contributed by atoms with van der Waals surface area (Å²) in [5.41, 5.74) is 9.43. The van der Waals surface area contributed by atoms with Crippen LogP contribution in [0.25, 0.3) is 0 Å². The molecule has 3 heteroatoms. The lowest BCUT2D eigenvalue weighted by atomic mass is 10.1. The summed E-state index contributed by atoms with van der Waals surface area (Å²) in [5.74, 6) is 0.976. The van der Waals surface area contributed by atoms with Crippen molar-refractivity contribution in [2.24, 2.45) is 5.73 Å². The van der Waals surface area contributed by atoms with E-state index >= 15 is 0 Å². The average Bonchev–Trinajstić information content (AvgIpc) is 2.55. The fourth-order valence-electron chi connectivity index (χ4n) is 2.80. The maximum absolute atomic E-state index is 5.76. The summed E-state index contributed by atoms with van der Waals surface area (Å²) >= 11 is 0. The van der Waals surface area contributed by atoms with Gasteiger partial charge in [0.2, 0.25) is 0 Å². The maximum atomic E-state index is 5.76. The molecule has 0 radical (unpaired) electrons. The molecular weight excluding hydrogens is 260 g/mol. The molecule has 0 amide bonds. The van der Waals surface area contributed by atoms with E-state index in [4.69, 9.17) is 10.5 Å². The standard InChI is InChI=1S/C18H22N2O/c19-14-16-8-9-17-18(13-16)21-12-11-20(17)10-4-7-15-5-2-1-3-6-15/h1-3,5-6,8-9,13H,4,7,10-12,14,19H2. The second-order valence-electron chi connectivity index (χ2n) is 5.43. The minimum atomic E-state index is 0.560. The van der Waals surface area contributed by atoms with Crippen LogP contribution in [0.5, 0.6) is 5.75 Å². The molecule has 0 saturated heterocycles. The first-order valence-electron chi connectivity index (χ1n) is 7.61. The van der Waals surface area contributed by atoms with Crippen molar-refractivity contribution < 1.29 is 4.74 Å². The molecule has 0 saturated carbocycles. The first kappa shape index (κ1) is 14.0. The molecule has 0 spiro atoms. The quantitative estimate of drug-likeness (QED) is 0.916. The Labute approximate surface area is 126 Å². The monoisotopic (exact) mass is 282 g/mol. The summed E-state index contributed by atoms with van der Waals surface area (Å²) in [6.07, 6.45) is 2.27. The SMILES string of the molecule is NCc1ccc2c(c1)OCCN2CCCc1ccccc1. The number of aryl methyl sites for hydroxylation is 1. The Morgan fingerprint density at radius 2 is 1.90 bits per heavy atom. The van der Waals surface area contributed by atoms with Crippen molar-refractivity contribution in [3.8, 4) is 5.75 Å². The predicted molar refractivity (Wildman–Crippen MR) is 86.8 cm³/mol. The summed E-state index contributed by atoms with van der Waals surface area (Å²) in [6.45, 7) is 3.34. The Balaban J connectivity index is 1.62. The van der Waals surface area contributed by atoms with Gasteiger partial charge < -0.3 is 15.4 Å². The van der Waals surface area contributed by atoms with Crippen LogP contribution < -0.4 is 15.4 Å². The summed E-state index contributed by atoms with van der Waals surface area (Å²) in [6, 6.07) is 17.0. The van der Waals surface area contributed by atoms with Crippen molar-refractivity contribution >= 4 is 5.69 Å². The van der Waals surface area contributed by atoms with Crippen LogP contribution in [0, 0.1) is 0 Å². The molecule has 0 unspecified atom stereocenters. The van der Waals surface area contributed by atoms with Gasteiger partial charge in [0, 0.05) is 13.1 Å². The largest absolute Gasteiger partial charge is 0.490 e. The lowest BCUT2D eigenvalue weighted by Gasteiger charge is -2.31. The van der Waals surface area contributed by atoms with Gasteiger partial charge >= 0.3 is 0 Å². The molecule has 2 aromatic carbocycles. The van der Waals surface area contributed by atoms with Gasteiger partial charge in [-0.15, -0.1) is 0 Å². The third-order valence-electron chi connectivity index (χ3n) is 3.96. The van der Waals surface area contributed by atoms with Crippen LogP contribution in [0.4, 0.5) is 5.69 Å². The van der Waals surface area contributed by atoms with Crippen LogP contribution in [-0.4, -0.2) is 19.7 Å². The van der Waals surface area contributed by atoms with Crippen LogP contribution in [0.1, 0.15) is 17.5 Å². The minimum absolute atomic E-state index is 0.560. The van der Waals surface area contributed by atoms with Gasteiger partial charge in [-0.25, -0.2) is 0 Å². The predicted octanol–water partition coefficient (Wildman–Crippen LogP) is 2.98. The Hall–Kier alpha value is -2.00. The van der Waals surface area contributed by atoms with E-state index < -0.39 is 0 Å². The lowest BCUT2D eigenvalue weighted by Crippen LogP contribution is -2.33. The van der Waals surface area contributed by atoms with Crippen molar-refractivity contribution in [2.75, 3.05) is 24.6 Å². The molecule has 2 aromatic rings. The molecule has 1 aliphatic heterocycles. The van der Waals surface area contributed by atoms with Gasteiger partial charge in [0.15, 0.2) is 0 Å². The molecule has 0 atom stereocenters. The van der Waals surface area contributed by atoms with Crippen LogP contribution in [-0.2, 0) is 13.0 Å². The molecule has 0 fully saturated rings. The zero-order valence-electron chi connectivity index (χ0n) is 12.3. The van der Waals surface area contributed by atoms with Crippen LogP contribution in [0.3, 0.4) is 0 Å². The summed E-state index contributed by atoms with van der Waals surface area (Å²) in [5, 5.41) is 0. The number of rotatable bonds is 5. The molecule has 1 aliphatic rings. The molecule has 1 heterocycles. The second-order valence-corrected chi connectivity index (χ2v) is 5.43. The minimum Gasteiger partial charge on any atom is -0.490 e. The third kappa shape index (κ3) is 3.37. The van der Waals surface area contributed by atoms with Crippen molar-refractivity contribution in [3.63, 3.8) is 0 Å². The molecule has 110 valence electrons. The van der Waals surface area contributed by atoms with Gasteiger partial charge in [0.25, 0.3) is 0 Å². The smallest absolute Gasteiger partial charge is 0.143 e. The molecule has 21 heavy (non-hydrogen) atoms. The number of hydrogen-bond acceptors (Lipinski definition) is 3. The third-order valence-corrected chi connectivity index (χ3v) is 3.96. The number of ether oxygens (including phenoxy) is 1. The average molecular weight is 282 g/mol. The zero-order valence-corrected chi connectivity index (χ0v) is 12.3. The molecule has 3 nitrogen and oxygen atoms in total. The van der Waals surface area contributed by atoms with Gasteiger partial charge in [0.1, 0.15) is 12.4 Å². The van der Waals surface area contributed by atoms with E-state index in [1.54, 1.807) is 0 Å². The van der Waals surface area contributed by atoms with E-state index in [0.29, 0.717) is 6.54 Å². The van der Waals surface area contributed by atoms with E-state index in [-0.39, 0.29) is 0 Å². The number of anilines is 1. The lowest BCUT2D eigenvalue weighted by molar-refractivity contribution is 0.307. The normalized spacial score (nSPS) is 13.7. The molecule has 3 rings (SSSR count). The van der Waals surface area contributed by atoms with Crippen LogP contribution in [0.15, 0.2) is 48.5 Å². The van der Waals surface area contributed by atoms with Gasteiger partial charge in [-0.05, 0) is 36.1 Å². The second kappa shape index (κ2) is 6.64. The molecule has 2 N–H and O–H groups in total. The van der Waals surface area contributed by atoms with Crippen molar-refractivity contribution in [2.45, 2.75) is 19.4 Å². The summed E-state index contributed by atoms with van der Waals surface area (Å²) < 4.78 is 5.76. The summed E-state index contributed by atoms with van der Waals surface area (Å²) in [7, 11) is 0. The Morgan fingerprint density at radius 3 is 2.71 bits per heavy atom. The van der Waals surface area contributed by atoms with Crippen molar-refractivity contribution in [3.05, 3.63) is 59.7 Å². The van der Waals surface area contributed by atoms with Crippen molar-refractivity contribution in [1.82, 2.24) is 0 Å². The highest BCUT2D eigenvalue weighted by molar-refractivity contribution is 5.61. The number of fused-ring (bicyclic) bond motifs is 1. The first-order chi connectivity index (χ1) is 10.4. The van der Waals surface area contributed by atoms with Crippen LogP contribution >= 0.6 is 0 Å². The fourth-order valence-corrected chi connectivity index (χ4v) is 2.80. The molecular formula is C18H22N2O. The van der Waals surface area contributed by atoms with Gasteiger partial charge in [-0.1, -0.05) is 36.4 Å². The number of hydrogen-bond donors (Lipinski definition) is 1. The van der Waals surface area contributed by atoms with Crippen molar-refractivity contribution in [1.29, 1.82) is 0 Å². The van der Waals surface area contributed by atoms with Gasteiger partial charge in [-0.3, -0.25) is 0 Å². The number of nitrogens with two attached hydrogens (primary N) is 1. The van der Waals surface area contributed by atoms with E-state index in [1.165, 1.54) is 11.3 Å². The Kier molecular flexibility index (Phi) is 4.41. The van der Waals surface area contributed by atoms with E-state index in [1.807, 2.05) is 0 Å². The maximum Gasteiger partial charge on any atom is 0.143 e. The highest BCUT2D eigenvalue weighted by atomic mass is 16.5. The van der Waals surface area contributed by atoms with Gasteiger partial charge in [0.05, 0.1) is 12.2 Å². The first-order valence-corrected chi connectivity index (χ1v) is 7.61. The zero-order chi connectivity index (χ0) is 14.5. The molecule has 0 bridgehead atoms. The Bertz CT molecular complexity index is 583. The van der Waals surface area contributed by atoms with E-state index in [2.05, 4.69) is 53.4 Å². The van der Waals surface area contributed by atoms with Gasteiger partial charge in [-0.2, -0.15) is 0 Å². The highest BCUT2D eigenvalue weighted by Gasteiger charge is 2.17. The molecule has 0 aliphatic carbocycles. The topological polar surface area (TPSA) is 38.5 Å². The Morgan fingerprint density at radius 1 is 1.05 bits per heavy atom.